The SMILES string of the molecule is CC(CCl)CS(=O)(=O)NC(C)Cc1cccc(Cl)c1. The summed E-state index contributed by atoms with van der Waals surface area (Å²) in [7, 11) is -3.29. The van der Waals surface area contributed by atoms with Crippen LogP contribution in [0.1, 0.15) is 19.4 Å². The van der Waals surface area contributed by atoms with Crippen molar-refractivity contribution in [2.24, 2.45) is 5.92 Å². The van der Waals surface area contributed by atoms with Crippen molar-refractivity contribution in [2.75, 3.05) is 11.6 Å². The largest absolute Gasteiger partial charge is 0.212 e. The van der Waals surface area contributed by atoms with Crippen LogP contribution in [-0.4, -0.2) is 26.1 Å². The van der Waals surface area contributed by atoms with Gasteiger partial charge in [0.25, 0.3) is 0 Å². The predicted octanol–water partition coefficient (Wildman–Crippen LogP) is 3.07. The zero-order valence-electron chi connectivity index (χ0n) is 11.1. The Bertz CT molecular complexity index is 505. The van der Waals surface area contributed by atoms with Crippen molar-refractivity contribution in [3.8, 4) is 0 Å². The van der Waals surface area contributed by atoms with Crippen LogP contribution in [0.25, 0.3) is 0 Å². The number of alkyl halides is 1. The fraction of sp³-hybridized carbons (Fsp3) is 0.538. The number of halogens is 2. The molecule has 0 saturated carbocycles. The molecule has 1 aromatic rings. The molecule has 0 aromatic heterocycles. The van der Waals surface area contributed by atoms with E-state index in [1.54, 1.807) is 6.07 Å². The predicted molar refractivity (Wildman–Crippen MR) is 81.4 cm³/mol. The molecule has 3 nitrogen and oxygen atoms in total. The first-order valence-corrected chi connectivity index (χ1v) is 8.69. The van der Waals surface area contributed by atoms with Crippen molar-refractivity contribution in [2.45, 2.75) is 26.3 Å². The van der Waals surface area contributed by atoms with Gasteiger partial charge >= 0.3 is 0 Å². The molecule has 108 valence electrons. The summed E-state index contributed by atoms with van der Waals surface area (Å²) in [4.78, 5) is 0. The fourth-order valence-electron chi connectivity index (χ4n) is 1.83. The summed E-state index contributed by atoms with van der Waals surface area (Å²) < 4.78 is 26.4. The first kappa shape index (κ1) is 16.8. The molecule has 19 heavy (non-hydrogen) atoms. The minimum Gasteiger partial charge on any atom is -0.212 e. The molecular weight excluding hydrogens is 305 g/mol. The summed E-state index contributed by atoms with van der Waals surface area (Å²) in [5.74, 6) is 0.331. The number of nitrogens with one attached hydrogen (secondary N) is 1. The van der Waals surface area contributed by atoms with Gasteiger partial charge in [-0.15, -0.1) is 11.6 Å². The van der Waals surface area contributed by atoms with E-state index in [2.05, 4.69) is 4.72 Å². The molecule has 2 atom stereocenters. The van der Waals surface area contributed by atoms with Crippen LogP contribution in [0.5, 0.6) is 0 Å². The van der Waals surface area contributed by atoms with Crippen molar-refractivity contribution in [1.82, 2.24) is 4.72 Å². The monoisotopic (exact) mass is 323 g/mol. The second-order valence-electron chi connectivity index (χ2n) is 4.89. The lowest BCUT2D eigenvalue weighted by Gasteiger charge is -2.16. The van der Waals surface area contributed by atoms with E-state index < -0.39 is 10.0 Å². The summed E-state index contributed by atoms with van der Waals surface area (Å²) in [5.41, 5.74) is 1.01. The quantitative estimate of drug-likeness (QED) is 0.784. The van der Waals surface area contributed by atoms with Crippen molar-refractivity contribution in [3.05, 3.63) is 34.9 Å². The maximum atomic E-state index is 11.9. The molecule has 0 radical (unpaired) electrons. The maximum Gasteiger partial charge on any atom is 0.212 e. The van der Waals surface area contributed by atoms with Gasteiger partial charge in [-0.3, -0.25) is 0 Å². The Labute approximate surface area is 125 Å². The molecule has 0 spiro atoms. The van der Waals surface area contributed by atoms with Crippen LogP contribution in [0.3, 0.4) is 0 Å². The van der Waals surface area contributed by atoms with Crippen LogP contribution in [0.2, 0.25) is 5.02 Å². The third-order valence-electron chi connectivity index (χ3n) is 2.58. The molecule has 1 N–H and O–H groups in total. The molecule has 0 heterocycles. The van der Waals surface area contributed by atoms with Crippen LogP contribution in [0.4, 0.5) is 0 Å². The Hall–Kier alpha value is -0.290. The molecule has 0 fully saturated rings. The zero-order chi connectivity index (χ0) is 14.5. The second kappa shape index (κ2) is 7.48. The molecule has 1 aromatic carbocycles. The maximum absolute atomic E-state index is 11.9. The second-order valence-corrected chi connectivity index (χ2v) is 7.44. The highest BCUT2D eigenvalue weighted by Crippen LogP contribution is 2.13. The van der Waals surface area contributed by atoms with Gasteiger partial charge in [0, 0.05) is 16.9 Å². The number of rotatable bonds is 7. The van der Waals surface area contributed by atoms with Gasteiger partial charge in [-0.1, -0.05) is 30.7 Å². The first-order chi connectivity index (χ1) is 8.82. The van der Waals surface area contributed by atoms with E-state index in [9.17, 15) is 8.42 Å². The number of hydrogen-bond acceptors (Lipinski definition) is 2. The zero-order valence-corrected chi connectivity index (χ0v) is 13.4. The highest BCUT2D eigenvalue weighted by molar-refractivity contribution is 7.89. The minimum absolute atomic E-state index is 0.0520. The molecule has 0 aliphatic heterocycles. The minimum atomic E-state index is -3.29. The van der Waals surface area contributed by atoms with Crippen LogP contribution < -0.4 is 4.72 Å². The fourth-order valence-corrected chi connectivity index (χ4v) is 3.94. The van der Waals surface area contributed by atoms with Crippen molar-refractivity contribution >= 4 is 33.2 Å². The Balaban J connectivity index is 2.57. The third kappa shape index (κ3) is 6.61. The average Bonchev–Trinajstić information content (AvgIpc) is 2.26. The Morgan fingerprint density at radius 1 is 1.32 bits per heavy atom. The summed E-state index contributed by atoms with van der Waals surface area (Å²) in [6.45, 7) is 3.65. The van der Waals surface area contributed by atoms with Gasteiger partial charge in [0.2, 0.25) is 10.0 Å². The number of sulfonamides is 1. The molecule has 0 aliphatic rings. The molecule has 1 rings (SSSR count). The lowest BCUT2D eigenvalue weighted by molar-refractivity contribution is 0.549. The van der Waals surface area contributed by atoms with E-state index in [4.69, 9.17) is 23.2 Å². The molecule has 6 heteroatoms. The van der Waals surface area contributed by atoms with Crippen molar-refractivity contribution in [1.29, 1.82) is 0 Å². The summed E-state index contributed by atoms with van der Waals surface area (Å²) >= 11 is 11.5. The molecule has 2 unspecified atom stereocenters. The van der Waals surface area contributed by atoms with Crippen molar-refractivity contribution < 1.29 is 8.42 Å². The third-order valence-corrected chi connectivity index (χ3v) is 5.11. The van der Waals surface area contributed by atoms with E-state index in [-0.39, 0.29) is 17.7 Å². The highest BCUT2D eigenvalue weighted by Gasteiger charge is 2.18. The van der Waals surface area contributed by atoms with Gasteiger partial charge in [0.15, 0.2) is 0 Å². The number of benzene rings is 1. The van der Waals surface area contributed by atoms with E-state index in [0.29, 0.717) is 17.3 Å². The van der Waals surface area contributed by atoms with Gasteiger partial charge in [-0.25, -0.2) is 13.1 Å². The van der Waals surface area contributed by atoms with Gasteiger partial charge in [0.05, 0.1) is 5.75 Å². The average molecular weight is 324 g/mol. The normalized spacial score (nSPS) is 15.2. The lowest BCUT2D eigenvalue weighted by atomic mass is 10.1. The lowest BCUT2D eigenvalue weighted by Crippen LogP contribution is -2.37. The highest BCUT2D eigenvalue weighted by atomic mass is 35.5. The van der Waals surface area contributed by atoms with Crippen LogP contribution in [0.15, 0.2) is 24.3 Å². The molecular formula is C13H19Cl2NO2S. The van der Waals surface area contributed by atoms with E-state index in [1.807, 2.05) is 32.0 Å². The van der Waals surface area contributed by atoms with Gasteiger partial charge in [-0.2, -0.15) is 0 Å². The Morgan fingerprint density at radius 3 is 2.58 bits per heavy atom. The molecule has 0 amide bonds. The summed E-state index contributed by atoms with van der Waals surface area (Å²) in [5, 5.41) is 0.656. The van der Waals surface area contributed by atoms with Gasteiger partial charge < -0.3 is 0 Å². The van der Waals surface area contributed by atoms with Crippen LogP contribution in [-0.2, 0) is 16.4 Å². The Kier molecular flexibility index (Phi) is 6.60. The Morgan fingerprint density at radius 2 is 2.00 bits per heavy atom. The number of hydrogen-bond donors (Lipinski definition) is 1. The topological polar surface area (TPSA) is 46.2 Å². The molecule has 0 aliphatic carbocycles. The summed E-state index contributed by atoms with van der Waals surface area (Å²) in [6.07, 6.45) is 0.606. The molecule has 0 saturated heterocycles. The van der Waals surface area contributed by atoms with Gasteiger partial charge in [0.1, 0.15) is 0 Å². The van der Waals surface area contributed by atoms with Crippen molar-refractivity contribution in [3.63, 3.8) is 0 Å². The van der Waals surface area contributed by atoms with E-state index in [0.717, 1.165) is 5.56 Å². The van der Waals surface area contributed by atoms with E-state index >= 15 is 0 Å². The van der Waals surface area contributed by atoms with Crippen LogP contribution >= 0.6 is 23.2 Å². The standard InChI is InChI=1S/C13H19Cl2NO2S/c1-10(8-14)9-19(17,18)16-11(2)6-12-4-3-5-13(15)7-12/h3-5,7,10-11,16H,6,8-9H2,1-2H3. The van der Waals surface area contributed by atoms with E-state index in [1.165, 1.54) is 0 Å². The molecule has 0 bridgehead atoms. The smallest absolute Gasteiger partial charge is 0.212 e. The first-order valence-electron chi connectivity index (χ1n) is 6.13. The van der Waals surface area contributed by atoms with Gasteiger partial charge in [-0.05, 0) is 37.0 Å². The summed E-state index contributed by atoms with van der Waals surface area (Å²) in [6, 6.07) is 7.24. The van der Waals surface area contributed by atoms with Crippen LogP contribution in [0, 0.1) is 5.92 Å².